The largest absolute Gasteiger partial charge is 0.480 e. The zero-order chi connectivity index (χ0) is 18.0. The van der Waals surface area contributed by atoms with Crippen LogP contribution in [0.3, 0.4) is 0 Å². The van der Waals surface area contributed by atoms with Crippen LogP contribution in [-0.4, -0.2) is 27.4 Å². The number of rotatable bonds is 4. The number of methoxy groups -OCH3 is 1. The molecule has 25 heavy (non-hydrogen) atoms. The predicted octanol–water partition coefficient (Wildman–Crippen LogP) is 2.14. The van der Waals surface area contributed by atoms with Gasteiger partial charge in [-0.15, -0.1) is 0 Å². The Kier molecular flexibility index (Phi) is 4.38. The average Bonchev–Trinajstić information content (AvgIpc) is 2.85. The molecule has 3 rings (SSSR count). The summed E-state index contributed by atoms with van der Waals surface area (Å²) in [5.41, 5.74) is 1.55. The average molecular weight is 338 g/mol. The van der Waals surface area contributed by atoms with Crippen LogP contribution in [0.1, 0.15) is 16.1 Å². The highest BCUT2D eigenvalue weighted by atomic mass is 16.5. The molecule has 0 saturated heterocycles. The van der Waals surface area contributed by atoms with E-state index in [1.54, 1.807) is 30.8 Å². The molecule has 2 aromatic heterocycles. The van der Waals surface area contributed by atoms with E-state index in [0.29, 0.717) is 5.69 Å². The van der Waals surface area contributed by atoms with Crippen molar-refractivity contribution in [1.82, 2.24) is 14.3 Å². The van der Waals surface area contributed by atoms with Gasteiger partial charge in [0.1, 0.15) is 11.3 Å². The number of hydrogen-bond donors (Lipinski definition) is 1. The van der Waals surface area contributed by atoms with E-state index in [-0.39, 0.29) is 22.7 Å². The van der Waals surface area contributed by atoms with Crippen LogP contribution < -0.4 is 15.6 Å². The molecule has 0 aliphatic carbocycles. The number of para-hydroxylation sites is 1. The van der Waals surface area contributed by atoms with Gasteiger partial charge in [0.05, 0.1) is 18.5 Å². The standard InChI is InChI=1S/C18H18N4O3/c1-12-15(20-16(23)14-10-7-11-19-17(14)25-3)18(24)22(21(12)2)13-8-5-4-6-9-13/h4-11H,1-3H3,(H,20,23). The molecule has 0 aliphatic rings. The van der Waals surface area contributed by atoms with Gasteiger partial charge in [-0.1, -0.05) is 18.2 Å². The summed E-state index contributed by atoms with van der Waals surface area (Å²) in [4.78, 5) is 29.4. The number of benzene rings is 1. The Bertz CT molecular complexity index is 974. The van der Waals surface area contributed by atoms with Crippen LogP contribution in [-0.2, 0) is 7.05 Å². The van der Waals surface area contributed by atoms with Crippen LogP contribution in [0.15, 0.2) is 53.5 Å². The molecule has 3 aromatic rings. The molecule has 0 saturated carbocycles. The van der Waals surface area contributed by atoms with Crippen molar-refractivity contribution in [3.63, 3.8) is 0 Å². The molecule has 1 N–H and O–H groups in total. The summed E-state index contributed by atoms with van der Waals surface area (Å²) < 4.78 is 8.31. The molecule has 7 nitrogen and oxygen atoms in total. The van der Waals surface area contributed by atoms with Crippen molar-refractivity contribution in [3.8, 4) is 11.6 Å². The molecule has 2 heterocycles. The third-order valence-electron chi connectivity index (χ3n) is 4.00. The number of carbonyl (C=O) groups excluding carboxylic acids is 1. The number of pyridine rings is 1. The Hall–Kier alpha value is -3.35. The lowest BCUT2D eigenvalue weighted by Gasteiger charge is -2.07. The summed E-state index contributed by atoms with van der Waals surface area (Å²) in [5.74, 6) is -0.243. The van der Waals surface area contributed by atoms with Gasteiger partial charge in [-0.3, -0.25) is 14.3 Å². The SMILES string of the molecule is COc1ncccc1C(=O)Nc1c(C)n(C)n(-c2ccccc2)c1=O. The third kappa shape index (κ3) is 2.91. The molecular weight excluding hydrogens is 320 g/mol. The summed E-state index contributed by atoms with van der Waals surface area (Å²) in [7, 11) is 3.21. The van der Waals surface area contributed by atoms with Crippen molar-refractivity contribution in [3.05, 3.63) is 70.3 Å². The summed E-state index contributed by atoms with van der Waals surface area (Å²) in [6.45, 7) is 1.77. The van der Waals surface area contributed by atoms with Crippen molar-refractivity contribution >= 4 is 11.6 Å². The third-order valence-corrected chi connectivity index (χ3v) is 4.00. The Morgan fingerprint density at radius 2 is 1.88 bits per heavy atom. The normalized spacial score (nSPS) is 10.5. The summed E-state index contributed by atoms with van der Waals surface area (Å²) >= 11 is 0. The second kappa shape index (κ2) is 6.64. The van der Waals surface area contributed by atoms with Crippen molar-refractivity contribution in [2.75, 3.05) is 12.4 Å². The first-order valence-corrected chi connectivity index (χ1v) is 7.69. The predicted molar refractivity (Wildman–Crippen MR) is 94.5 cm³/mol. The van der Waals surface area contributed by atoms with Crippen molar-refractivity contribution in [2.45, 2.75) is 6.92 Å². The molecule has 0 atom stereocenters. The van der Waals surface area contributed by atoms with E-state index in [4.69, 9.17) is 4.74 Å². The fraction of sp³-hybridized carbons (Fsp3) is 0.167. The fourth-order valence-corrected chi connectivity index (χ4v) is 2.62. The lowest BCUT2D eigenvalue weighted by Crippen LogP contribution is -2.23. The number of ether oxygens (including phenoxy) is 1. The Labute approximate surface area is 144 Å². The molecule has 128 valence electrons. The Morgan fingerprint density at radius 3 is 2.56 bits per heavy atom. The lowest BCUT2D eigenvalue weighted by molar-refractivity contribution is 0.102. The van der Waals surface area contributed by atoms with Crippen LogP contribution >= 0.6 is 0 Å². The molecule has 1 aromatic carbocycles. The first kappa shape index (κ1) is 16.5. The van der Waals surface area contributed by atoms with E-state index < -0.39 is 5.91 Å². The van der Waals surface area contributed by atoms with Gasteiger partial charge in [0.25, 0.3) is 11.5 Å². The minimum atomic E-state index is -0.448. The summed E-state index contributed by atoms with van der Waals surface area (Å²) in [6.07, 6.45) is 1.53. The van der Waals surface area contributed by atoms with E-state index in [9.17, 15) is 9.59 Å². The van der Waals surface area contributed by atoms with Gasteiger partial charge in [0.2, 0.25) is 5.88 Å². The highest BCUT2D eigenvalue weighted by Gasteiger charge is 2.20. The first-order valence-electron chi connectivity index (χ1n) is 7.69. The summed E-state index contributed by atoms with van der Waals surface area (Å²) in [6, 6.07) is 12.5. The zero-order valence-corrected chi connectivity index (χ0v) is 14.2. The Morgan fingerprint density at radius 1 is 1.16 bits per heavy atom. The van der Waals surface area contributed by atoms with E-state index >= 15 is 0 Å². The minimum Gasteiger partial charge on any atom is -0.480 e. The van der Waals surface area contributed by atoms with Crippen LogP contribution in [0.4, 0.5) is 5.69 Å². The van der Waals surface area contributed by atoms with Gasteiger partial charge in [0.15, 0.2) is 0 Å². The lowest BCUT2D eigenvalue weighted by atomic mass is 10.2. The van der Waals surface area contributed by atoms with Crippen molar-refractivity contribution in [1.29, 1.82) is 0 Å². The van der Waals surface area contributed by atoms with Crippen LogP contribution in [0.5, 0.6) is 5.88 Å². The van der Waals surface area contributed by atoms with E-state index in [1.165, 1.54) is 18.0 Å². The van der Waals surface area contributed by atoms with Crippen molar-refractivity contribution < 1.29 is 9.53 Å². The van der Waals surface area contributed by atoms with Gasteiger partial charge in [-0.2, -0.15) is 0 Å². The number of amides is 1. The van der Waals surface area contributed by atoms with Gasteiger partial charge in [0, 0.05) is 13.2 Å². The molecule has 0 bridgehead atoms. The maximum Gasteiger partial charge on any atom is 0.295 e. The molecule has 0 fully saturated rings. The van der Waals surface area contributed by atoms with Crippen LogP contribution in [0, 0.1) is 6.92 Å². The number of anilines is 1. The number of hydrogen-bond acceptors (Lipinski definition) is 4. The topological polar surface area (TPSA) is 78.2 Å². The number of carbonyl (C=O) groups is 1. The van der Waals surface area contributed by atoms with Crippen LogP contribution in [0.2, 0.25) is 0 Å². The summed E-state index contributed by atoms with van der Waals surface area (Å²) in [5, 5.41) is 2.69. The zero-order valence-electron chi connectivity index (χ0n) is 14.2. The maximum absolute atomic E-state index is 12.8. The fourth-order valence-electron chi connectivity index (χ4n) is 2.62. The second-order valence-electron chi connectivity index (χ2n) is 5.45. The molecule has 1 amide bonds. The maximum atomic E-state index is 12.8. The Balaban J connectivity index is 2.02. The smallest absolute Gasteiger partial charge is 0.295 e. The number of aromatic nitrogens is 3. The quantitative estimate of drug-likeness (QED) is 0.790. The van der Waals surface area contributed by atoms with Crippen molar-refractivity contribution in [2.24, 2.45) is 7.05 Å². The van der Waals surface area contributed by atoms with Gasteiger partial charge in [-0.05, 0) is 31.2 Å². The molecule has 0 unspecified atom stereocenters. The van der Waals surface area contributed by atoms with Gasteiger partial charge >= 0.3 is 0 Å². The van der Waals surface area contributed by atoms with E-state index in [2.05, 4.69) is 10.3 Å². The second-order valence-corrected chi connectivity index (χ2v) is 5.45. The molecule has 0 spiro atoms. The van der Waals surface area contributed by atoms with E-state index in [1.807, 2.05) is 30.3 Å². The van der Waals surface area contributed by atoms with E-state index in [0.717, 1.165) is 5.69 Å². The minimum absolute atomic E-state index is 0.206. The van der Waals surface area contributed by atoms with Crippen LogP contribution in [0.25, 0.3) is 5.69 Å². The monoisotopic (exact) mass is 338 g/mol. The molecule has 0 radical (unpaired) electrons. The van der Waals surface area contributed by atoms with Gasteiger partial charge in [-0.25, -0.2) is 9.67 Å². The van der Waals surface area contributed by atoms with Gasteiger partial charge < -0.3 is 10.1 Å². The number of nitrogens with zero attached hydrogens (tertiary/aromatic N) is 3. The molecule has 0 aliphatic heterocycles. The highest BCUT2D eigenvalue weighted by molar-refractivity contribution is 6.06. The highest BCUT2D eigenvalue weighted by Crippen LogP contribution is 2.18. The number of nitrogens with one attached hydrogen (secondary N) is 1. The molecule has 7 heteroatoms. The first-order chi connectivity index (χ1) is 12.0. The molecular formula is C18H18N4O3.